The number of ether oxygens (including phenoxy) is 2. The lowest BCUT2D eigenvalue weighted by Gasteiger charge is -2.26. The van der Waals surface area contributed by atoms with E-state index in [4.69, 9.17) is 15.2 Å². The highest BCUT2D eigenvalue weighted by molar-refractivity contribution is 5.85. The lowest BCUT2D eigenvalue weighted by atomic mass is 10.2. The Kier molecular flexibility index (Phi) is 8.17. The van der Waals surface area contributed by atoms with Gasteiger partial charge in [0, 0.05) is 31.7 Å². The Labute approximate surface area is 147 Å². The Morgan fingerprint density at radius 3 is 2.68 bits per heavy atom. The first-order chi connectivity index (χ1) is 12.2. The summed E-state index contributed by atoms with van der Waals surface area (Å²) in [5.41, 5.74) is 6.06. The number of morpholine rings is 1. The lowest BCUT2D eigenvalue weighted by molar-refractivity contribution is -0.125. The number of nitrogens with one attached hydrogen (secondary N) is 2. The van der Waals surface area contributed by atoms with Crippen LogP contribution < -0.4 is 21.1 Å². The van der Waals surface area contributed by atoms with Crippen LogP contribution in [0.3, 0.4) is 0 Å². The SMILES string of the molecule is NCC(=O)NCC(=O)NCc1ccccc1OCCN1CCOCC1. The topological polar surface area (TPSA) is 106 Å². The molecule has 1 fully saturated rings. The van der Waals surface area contributed by atoms with E-state index >= 15 is 0 Å². The normalized spacial score (nSPS) is 14.8. The molecule has 1 heterocycles. The van der Waals surface area contributed by atoms with Crippen molar-refractivity contribution >= 4 is 11.8 Å². The van der Waals surface area contributed by atoms with Gasteiger partial charge >= 0.3 is 0 Å². The van der Waals surface area contributed by atoms with E-state index in [-0.39, 0.29) is 24.9 Å². The summed E-state index contributed by atoms with van der Waals surface area (Å²) in [6, 6.07) is 7.59. The zero-order chi connectivity index (χ0) is 17.9. The van der Waals surface area contributed by atoms with E-state index < -0.39 is 0 Å². The second kappa shape index (κ2) is 10.7. The van der Waals surface area contributed by atoms with Gasteiger partial charge in [-0.3, -0.25) is 14.5 Å². The Morgan fingerprint density at radius 2 is 1.92 bits per heavy atom. The minimum atomic E-state index is -0.359. The first-order valence-electron chi connectivity index (χ1n) is 8.43. The average molecular weight is 350 g/mol. The molecule has 0 spiro atoms. The van der Waals surface area contributed by atoms with Crippen LogP contribution in [0.15, 0.2) is 24.3 Å². The predicted molar refractivity (Wildman–Crippen MR) is 93.1 cm³/mol. The molecule has 8 nitrogen and oxygen atoms in total. The minimum Gasteiger partial charge on any atom is -0.492 e. The zero-order valence-corrected chi connectivity index (χ0v) is 14.3. The second-order valence-corrected chi connectivity index (χ2v) is 5.67. The summed E-state index contributed by atoms with van der Waals surface area (Å²) in [7, 11) is 0. The van der Waals surface area contributed by atoms with E-state index in [2.05, 4.69) is 15.5 Å². The van der Waals surface area contributed by atoms with Crippen molar-refractivity contribution in [1.29, 1.82) is 0 Å². The Balaban J connectivity index is 1.75. The fraction of sp³-hybridized carbons (Fsp3) is 0.529. The van der Waals surface area contributed by atoms with E-state index in [0.29, 0.717) is 13.2 Å². The van der Waals surface area contributed by atoms with Gasteiger partial charge in [0.1, 0.15) is 12.4 Å². The third-order valence-electron chi connectivity index (χ3n) is 3.85. The highest BCUT2D eigenvalue weighted by atomic mass is 16.5. The molecule has 1 aliphatic heterocycles. The standard InChI is InChI=1S/C17H26N4O4/c18-11-16(22)20-13-17(23)19-12-14-3-1-2-4-15(14)25-10-7-21-5-8-24-9-6-21/h1-4H,5-13,18H2,(H,19,23)(H,20,22). The number of hydrogen-bond acceptors (Lipinski definition) is 6. The number of carbonyl (C=O) groups is 2. The van der Waals surface area contributed by atoms with Crippen molar-refractivity contribution in [1.82, 2.24) is 15.5 Å². The number of nitrogens with zero attached hydrogens (tertiary/aromatic N) is 1. The number of carbonyl (C=O) groups excluding carboxylic acids is 2. The fourth-order valence-electron chi connectivity index (χ4n) is 2.41. The van der Waals surface area contributed by atoms with Gasteiger partial charge in [-0.05, 0) is 6.07 Å². The summed E-state index contributed by atoms with van der Waals surface area (Å²) in [4.78, 5) is 25.1. The molecule has 0 unspecified atom stereocenters. The lowest BCUT2D eigenvalue weighted by Crippen LogP contribution is -2.39. The van der Waals surface area contributed by atoms with Gasteiger partial charge < -0.3 is 25.8 Å². The zero-order valence-electron chi connectivity index (χ0n) is 14.3. The van der Waals surface area contributed by atoms with Gasteiger partial charge in [-0.15, -0.1) is 0 Å². The second-order valence-electron chi connectivity index (χ2n) is 5.67. The predicted octanol–water partition coefficient (Wildman–Crippen LogP) is -0.911. The molecule has 25 heavy (non-hydrogen) atoms. The molecule has 0 aliphatic carbocycles. The summed E-state index contributed by atoms with van der Waals surface area (Å²) in [5, 5.41) is 5.19. The monoisotopic (exact) mass is 350 g/mol. The molecule has 0 aromatic heterocycles. The summed E-state index contributed by atoms with van der Waals surface area (Å²) < 4.78 is 11.2. The van der Waals surface area contributed by atoms with Gasteiger partial charge in [-0.1, -0.05) is 18.2 Å². The largest absolute Gasteiger partial charge is 0.492 e. The van der Waals surface area contributed by atoms with Gasteiger partial charge in [-0.2, -0.15) is 0 Å². The van der Waals surface area contributed by atoms with Crippen molar-refractivity contribution in [2.45, 2.75) is 6.54 Å². The maximum Gasteiger partial charge on any atom is 0.239 e. The number of rotatable bonds is 9. The van der Waals surface area contributed by atoms with Crippen molar-refractivity contribution in [3.8, 4) is 5.75 Å². The van der Waals surface area contributed by atoms with Crippen LogP contribution in [0, 0.1) is 0 Å². The van der Waals surface area contributed by atoms with Gasteiger partial charge in [0.25, 0.3) is 0 Å². The molecule has 0 bridgehead atoms. The molecule has 138 valence electrons. The van der Waals surface area contributed by atoms with Gasteiger partial charge in [0.2, 0.25) is 11.8 Å². The van der Waals surface area contributed by atoms with Crippen LogP contribution in [0.1, 0.15) is 5.56 Å². The van der Waals surface area contributed by atoms with Crippen molar-refractivity contribution in [2.75, 3.05) is 52.5 Å². The Hall–Kier alpha value is -2.16. The number of benzene rings is 1. The Morgan fingerprint density at radius 1 is 1.16 bits per heavy atom. The van der Waals surface area contributed by atoms with Gasteiger partial charge in [0.05, 0.1) is 26.3 Å². The molecular formula is C17H26N4O4. The highest BCUT2D eigenvalue weighted by Gasteiger charge is 2.11. The van der Waals surface area contributed by atoms with Crippen LogP contribution in [0.4, 0.5) is 0 Å². The molecule has 2 amide bonds. The van der Waals surface area contributed by atoms with Crippen LogP contribution in [0.25, 0.3) is 0 Å². The molecule has 4 N–H and O–H groups in total. The third-order valence-corrected chi connectivity index (χ3v) is 3.85. The van der Waals surface area contributed by atoms with Crippen molar-refractivity contribution in [2.24, 2.45) is 5.73 Å². The van der Waals surface area contributed by atoms with Gasteiger partial charge in [-0.25, -0.2) is 0 Å². The first-order valence-corrected chi connectivity index (χ1v) is 8.43. The van der Waals surface area contributed by atoms with Crippen LogP contribution in [-0.4, -0.2) is 69.3 Å². The maximum atomic E-state index is 11.7. The molecule has 0 atom stereocenters. The van der Waals surface area contributed by atoms with Crippen molar-refractivity contribution in [3.63, 3.8) is 0 Å². The Bertz CT molecular complexity index is 561. The van der Waals surface area contributed by atoms with E-state index in [9.17, 15) is 9.59 Å². The summed E-state index contributed by atoms with van der Waals surface area (Å²) in [6.07, 6.45) is 0. The molecule has 1 aliphatic rings. The van der Waals surface area contributed by atoms with E-state index in [1.54, 1.807) is 0 Å². The minimum absolute atomic E-state index is 0.0872. The number of amides is 2. The molecule has 2 rings (SSSR count). The number of para-hydroxylation sites is 1. The van der Waals surface area contributed by atoms with Gasteiger partial charge in [0.15, 0.2) is 0 Å². The third kappa shape index (κ3) is 7.08. The first kappa shape index (κ1) is 19.2. The van der Waals surface area contributed by atoms with E-state index in [1.807, 2.05) is 24.3 Å². The quantitative estimate of drug-likeness (QED) is 0.532. The number of hydrogen-bond donors (Lipinski definition) is 3. The van der Waals surface area contributed by atoms with E-state index in [1.165, 1.54) is 0 Å². The molecular weight excluding hydrogens is 324 g/mol. The summed E-state index contributed by atoms with van der Waals surface area (Å²) in [5.74, 6) is 0.119. The smallest absolute Gasteiger partial charge is 0.239 e. The summed E-state index contributed by atoms with van der Waals surface area (Å²) >= 11 is 0. The average Bonchev–Trinajstić information content (AvgIpc) is 2.66. The summed E-state index contributed by atoms with van der Waals surface area (Å²) in [6.45, 7) is 4.93. The van der Waals surface area contributed by atoms with Crippen LogP contribution >= 0.6 is 0 Å². The molecule has 1 aromatic carbocycles. The number of nitrogens with two attached hydrogens (primary N) is 1. The van der Waals surface area contributed by atoms with Crippen molar-refractivity contribution in [3.05, 3.63) is 29.8 Å². The van der Waals surface area contributed by atoms with Crippen LogP contribution in [0.2, 0.25) is 0 Å². The molecule has 0 saturated carbocycles. The van der Waals surface area contributed by atoms with Crippen LogP contribution in [-0.2, 0) is 20.9 Å². The molecule has 8 heteroatoms. The van der Waals surface area contributed by atoms with E-state index in [0.717, 1.165) is 44.2 Å². The molecule has 1 aromatic rings. The molecule has 1 saturated heterocycles. The molecule has 0 radical (unpaired) electrons. The maximum absolute atomic E-state index is 11.7. The van der Waals surface area contributed by atoms with Crippen LogP contribution in [0.5, 0.6) is 5.75 Å². The fourth-order valence-corrected chi connectivity index (χ4v) is 2.41. The highest BCUT2D eigenvalue weighted by Crippen LogP contribution is 2.17. The van der Waals surface area contributed by atoms with Crippen molar-refractivity contribution < 1.29 is 19.1 Å².